The molecule has 5 nitrogen and oxygen atoms in total. The molecule has 1 saturated heterocycles. The van der Waals surface area contributed by atoms with Crippen molar-refractivity contribution in [2.24, 2.45) is 11.8 Å². The highest BCUT2D eigenvalue weighted by Crippen LogP contribution is 2.28. The van der Waals surface area contributed by atoms with E-state index in [2.05, 4.69) is 19.2 Å². The molecular formula is C23H36N2O3S. The minimum atomic E-state index is -3.47. The zero-order valence-electron chi connectivity index (χ0n) is 18.0. The molecule has 29 heavy (non-hydrogen) atoms. The van der Waals surface area contributed by atoms with E-state index in [4.69, 9.17) is 0 Å². The van der Waals surface area contributed by atoms with E-state index in [1.807, 2.05) is 12.1 Å². The van der Waals surface area contributed by atoms with Crippen molar-refractivity contribution >= 4 is 15.9 Å². The summed E-state index contributed by atoms with van der Waals surface area (Å²) in [6.45, 7) is 5.95. The van der Waals surface area contributed by atoms with E-state index in [9.17, 15) is 13.2 Å². The average Bonchev–Trinajstić information content (AvgIpc) is 3.21. The zero-order chi connectivity index (χ0) is 20.9. The molecule has 0 radical (unpaired) electrons. The van der Waals surface area contributed by atoms with Gasteiger partial charge in [0.15, 0.2) is 0 Å². The number of benzene rings is 1. The van der Waals surface area contributed by atoms with Crippen molar-refractivity contribution in [1.29, 1.82) is 0 Å². The number of rotatable bonds is 9. The van der Waals surface area contributed by atoms with Gasteiger partial charge in [0, 0.05) is 25.6 Å². The Kier molecular flexibility index (Phi) is 7.74. The van der Waals surface area contributed by atoms with Gasteiger partial charge in [-0.15, -0.1) is 0 Å². The molecule has 0 spiro atoms. The first-order valence-corrected chi connectivity index (χ1v) is 12.8. The summed E-state index contributed by atoms with van der Waals surface area (Å²) in [4.78, 5) is 13.0. The van der Waals surface area contributed by atoms with Crippen LogP contribution in [0.4, 0.5) is 0 Å². The lowest BCUT2D eigenvalue weighted by Crippen LogP contribution is -2.43. The maximum absolute atomic E-state index is 13.0. The second-order valence-electron chi connectivity index (χ2n) is 8.62. The number of amides is 1. The van der Waals surface area contributed by atoms with E-state index >= 15 is 0 Å². The van der Waals surface area contributed by atoms with Crippen LogP contribution in [0.1, 0.15) is 69.9 Å². The van der Waals surface area contributed by atoms with Crippen LogP contribution < -0.4 is 5.32 Å². The number of unbranched alkanes of at least 4 members (excludes halogenated alkanes) is 1. The van der Waals surface area contributed by atoms with Gasteiger partial charge < -0.3 is 5.32 Å². The van der Waals surface area contributed by atoms with Crippen LogP contribution in [0, 0.1) is 11.8 Å². The van der Waals surface area contributed by atoms with Crippen LogP contribution in [0.15, 0.2) is 23.1 Å². The van der Waals surface area contributed by atoms with Crippen molar-refractivity contribution in [1.82, 2.24) is 9.62 Å². The molecule has 1 heterocycles. The summed E-state index contributed by atoms with van der Waals surface area (Å²) in [5, 5.41) is 3.12. The van der Waals surface area contributed by atoms with Crippen molar-refractivity contribution in [2.75, 3.05) is 19.6 Å². The fourth-order valence-electron chi connectivity index (χ4n) is 4.55. The van der Waals surface area contributed by atoms with Crippen molar-refractivity contribution in [3.05, 3.63) is 29.3 Å². The minimum Gasteiger partial charge on any atom is -0.356 e. The maximum atomic E-state index is 13.0. The van der Waals surface area contributed by atoms with Crippen molar-refractivity contribution in [2.45, 2.75) is 76.5 Å². The largest absolute Gasteiger partial charge is 0.356 e. The number of hydrogen-bond acceptors (Lipinski definition) is 3. The summed E-state index contributed by atoms with van der Waals surface area (Å²) in [5.41, 5.74) is 2.46. The third-order valence-electron chi connectivity index (χ3n) is 6.64. The molecule has 1 aromatic rings. The number of nitrogens with zero attached hydrogens (tertiary/aromatic N) is 1. The Morgan fingerprint density at radius 2 is 1.90 bits per heavy atom. The standard InChI is InChI=1S/C23H36N2O3S/c1-3-5-7-18(4-2)17-24-23(26)20-12-14-25(15-13-20)29(27,28)22-11-10-19-8-6-9-21(19)16-22/h10-11,16,18,20H,3-9,12-15,17H2,1-2H3,(H,24,26). The molecule has 2 aliphatic rings. The van der Waals surface area contributed by atoms with Gasteiger partial charge in [0.1, 0.15) is 0 Å². The number of carbonyl (C=O) groups is 1. The number of hydrogen-bond donors (Lipinski definition) is 1. The molecular weight excluding hydrogens is 384 g/mol. The molecule has 0 bridgehead atoms. The van der Waals surface area contributed by atoms with Crippen LogP contribution in [0.25, 0.3) is 0 Å². The first-order chi connectivity index (χ1) is 14.0. The number of nitrogens with one attached hydrogen (secondary N) is 1. The lowest BCUT2D eigenvalue weighted by Gasteiger charge is -2.31. The summed E-state index contributed by atoms with van der Waals surface area (Å²) in [5.74, 6) is 0.554. The predicted octanol–water partition coefficient (Wildman–Crippen LogP) is 3.91. The second kappa shape index (κ2) is 10.1. The van der Waals surface area contributed by atoms with E-state index in [1.54, 1.807) is 10.4 Å². The van der Waals surface area contributed by atoms with Crippen LogP contribution in [-0.4, -0.2) is 38.3 Å². The van der Waals surface area contributed by atoms with Gasteiger partial charge in [-0.1, -0.05) is 39.2 Å². The Morgan fingerprint density at radius 1 is 1.17 bits per heavy atom. The predicted molar refractivity (Wildman–Crippen MR) is 116 cm³/mol. The van der Waals surface area contributed by atoms with Gasteiger partial charge in [-0.25, -0.2) is 8.42 Å². The normalized spacial score (nSPS) is 19.1. The maximum Gasteiger partial charge on any atom is 0.243 e. The fourth-order valence-corrected chi connectivity index (χ4v) is 6.07. The summed E-state index contributed by atoms with van der Waals surface area (Å²) in [6, 6.07) is 5.58. The van der Waals surface area contributed by atoms with E-state index < -0.39 is 10.0 Å². The minimum absolute atomic E-state index is 0.0786. The molecule has 1 aliphatic heterocycles. The molecule has 1 N–H and O–H groups in total. The molecule has 1 aliphatic carbocycles. The van der Waals surface area contributed by atoms with Gasteiger partial charge in [-0.3, -0.25) is 4.79 Å². The van der Waals surface area contributed by atoms with E-state index in [-0.39, 0.29) is 11.8 Å². The Bertz CT molecular complexity index is 798. The third kappa shape index (κ3) is 5.40. The molecule has 6 heteroatoms. The zero-order valence-corrected chi connectivity index (χ0v) is 18.8. The summed E-state index contributed by atoms with van der Waals surface area (Å²) >= 11 is 0. The van der Waals surface area contributed by atoms with Gasteiger partial charge in [0.25, 0.3) is 0 Å². The van der Waals surface area contributed by atoms with E-state index in [0.717, 1.165) is 38.6 Å². The first kappa shape index (κ1) is 22.3. The molecule has 1 aromatic carbocycles. The Hall–Kier alpha value is -1.40. The highest BCUT2D eigenvalue weighted by Gasteiger charge is 2.32. The van der Waals surface area contributed by atoms with Crippen LogP contribution in [0.2, 0.25) is 0 Å². The Labute approximate surface area is 176 Å². The highest BCUT2D eigenvalue weighted by atomic mass is 32.2. The van der Waals surface area contributed by atoms with Crippen LogP contribution in [-0.2, 0) is 27.7 Å². The van der Waals surface area contributed by atoms with E-state index in [1.165, 1.54) is 24.0 Å². The Morgan fingerprint density at radius 3 is 2.59 bits per heavy atom. The third-order valence-corrected chi connectivity index (χ3v) is 8.54. The van der Waals surface area contributed by atoms with Crippen LogP contribution in [0.5, 0.6) is 0 Å². The average molecular weight is 421 g/mol. The summed E-state index contributed by atoms with van der Waals surface area (Å²) in [7, 11) is -3.47. The molecule has 0 aromatic heterocycles. The first-order valence-electron chi connectivity index (χ1n) is 11.3. The van der Waals surface area contributed by atoms with Crippen molar-refractivity contribution < 1.29 is 13.2 Å². The fraction of sp³-hybridized carbons (Fsp3) is 0.696. The smallest absolute Gasteiger partial charge is 0.243 e. The number of aryl methyl sites for hydroxylation is 2. The lowest BCUT2D eigenvalue weighted by atomic mass is 9.95. The quantitative estimate of drug-likeness (QED) is 0.659. The molecule has 1 amide bonds. The highest BCUT2D eigenvalue weighted by molar-refractivity contribution is 7.89. The molecule has 0 saturated carbocycles. The molecule has 1 fully saturated rings. The van der Waals surface area contributed by atoms with E-state index in [0.29, 0.717) is 36.7 Å². The number of piperidine rings is 1. The molecule has 162 valence electrons. The van der Waals surface area contributed by atoms with Crippen LogP contribution >= 0.6 is 0 Å². The van der Waals surface area contributed by atoms with Crippen molar-refractivity contribution in [3.8, 4) is 0 Å². The SMILES string of the molecule is CCCCC(CC)CNC(=O)C1CCN(S(=O)(=O)c2ccc3c(c2)CCC3)CC1. The molecule has 3 rings (SSSR count). The summed E-state index contributed by atoms with van der Waals surface area (Å²) in [6.07, 6.45) is 8.95. The second-order valence-corrected chi connectivity index (χ2v) is 10.6. The number of carbonyl (C=O) groups excluding carboxylic acids is 1. The Balaban J connectivity index is 1.52. The lowest BCUT2D eigenvalue weighted by molar-refractivity contribution is -0.126. The number of fused-ring (bicyclic) bond motifs is 1. The van der Waals surface area contributed by atoms with Gasteiger partial charge >= 0.3 is 0 Å². The molecule has 1 atom stereocenters. The topological polar surface area (TPSA) is 66.5 Å². The van der Waals surface area contributed by atoms with Gasteiger partial charge in [0.05, 0.1) is 4.90 Å². The van der Waals surface area contributed by atoms with Gasteiger partial charge in [-0.05, 0) is 67.7 Å². The van der Waals surface area contributed by atoms with Crippen molar-refractivity contribution in [3.63, 3.8) is 0 Å². The summed E-state index contributed by atoms with van der Waals surface area (Å²) < 4.78 is 27.6. The number of sulfonamides is 1. The van der Waals surface area contributed by atoms with Gasteiger partial charge in [0.2, 0.25) is 15.9 Å². The molecule has 1 unspecified atom stereocenters. The van der Waals surface area contributed by atoms with Crippen LogP contribution in [0.3, 0.4) is 0 Å². The monoisotopic (exact) mass is 420 g/mol. The van der Waals surface area contributed by atoms with Gasteiger partial charge in [-0.2, -0.15) is 4.31 Å².